The normalized spacial score (nSPS) is 14.6. The Morgan fingerprint density at radius 1 is 1.23 bits per heavy atom. The number of likely N-dealkylation sites (tertiary alicyclic amines) is 1. The predicted molar refractivity (Wildman–Crippen MR) is 97.9 cm³/mol. The van der Waals surface area contributed by atoms with Gasteiger partial charge in [-0.25, -0.2) is 4.79 Å². The summed E-state index contributed by atoms with van der Waals surface area (Å²) in [6.45, 7) is 5.52. The zero-order chi connectivity index (χ0) is 18.9. The average Bonchev–Trinajstić information content (AvgIpc) is 2.62. The van der Waals surface area contributed by atoms with Crippen molar-refractivity contribution in [1.82, 2.24) is 15.5 Å². The number of amides is 3. The van der Waals surface area contributed by atoms with Crippen LogP contribution in [0.2, 0.25) is 0 Å². The van der Waals surface area contributed by atoms with Gasteiger partial charge in [0, 0.05) is 37.7 Å². The van der Waals surface area contributed by atoms with Crippen molar-refractivity contribution in [1.29, 1.82) is 0 Å². The summed E-state index contributed by atoms with van der Waals surface area (Å²) in [6.07, 6.45) is 1.35. The first kappa shape index (κ1) is 19.8. The Bertz CT molecular complexity index is 639. The van der Waals surface area contributed by atoms with Gasteiger partial charge in [-0.1, -0.05) is 17.7 Å². The Morgan fingerprint density at radius 3 is 2.62 bits per heavy atom. The van der Waals surface area contributed by atoms with Crippen molar-refractivity contribution in [3.8, 4) is 0 Å². The standard InChI is InChI=1S/C19H27N3O4/c1-3-26-19(25)22-11-8-16(9-12-22)21-17(23)7-10-20-18(24)15-6-4-5-14(2)13-15/h4-6,13,16H,3,7-12H2,1-2H3,(H,20,24)(H,21,23). The van der Waals surface area contributed by atoms with Gasteiger partial charge >= 0.3 is 6.09 Å². The van der Waals surface area contributed by atoms with Crippen LogP contribution in [0, 0.1) is 6.92 Å². The Labute approximate surface area is 154 Å². The third-order valence-corrected chi connectivity index (χ3v) is 4.30. The summed E-state index contributed by atoms with van der Waals surface area (Å²) in [5, 5.41) is 5.73. The molecule has 1 fully saturated rings. The highest BCUT2D eigenvalue weighted by Gasteiger charge is 2.24. The van der Waals surface area contributed by atoms with Crippen molar-refractivity contribution in [2.24, 2.45) is 0 Å². The van der Waals surface area contributed by atoms with Gasteiger partial charge in [-0.2, -0.15) is 0 Å². The molecule has 2 N–H and O–H groups in total. The second-order valence-corrected chi connectivity index (χ2v) is 6.40. The lowest BCUT2D eigenvalue weighted by atomic mass is 10.1. The minimum absolute atomic E-state index is 0.0562. The number of carbonyl (C=O) groups excluding carboxylic acids is 3. The Hall–Kier alpha value is -2.57. The topological polar surface area (TPSA) is 87.7 Å². The van der Waals surface area contributed by atoms with E-state index in [1.165, 1.54) is 0 Å². The van der Waals surface area contributed by atoms with E-state index in [2.05, 4.69) is 10.6 Å². The predicted octanol–water partition coefficient (Wildman–Crippen LogP) is 1.85. The fourth-order valence-electron chi connectivity index (χ4n) is 2.90. The minimum atomic E-state index is -0.295. The quantitative estimate of drug-likeness (QED) is 0.809. The van der Waals surface area contributed by atoms with E-state index in [0.717, 1.165) is 5.56 Å². The fraction of sp³-hybridized carbons (Fsp3) is 0.526. The molecular weight excluding hydrogens is 334 g/mol. The molecule has 1 aliphatic heterocycles. The molecule has 1 aromatic rings. The summed E-state index contributed by atoms with van der Waals surface area (Å²) in [6, 6.07) is 7.38. The Morgan fingerprint density at radius 2 is 1.96 bits per heavy atom. The van der Waals surface area contributed by atoms with Crippen LogP contribution in [0.15, 0.2) is 24.3 Å². The molecule has 1 aliphatic rings. The largest absolute Gasteiger partial charge is 0.450 e. The molecule has 0 atom stereocenters. The smallest absolute Gasteiger partial charge is 0.409 e. The van der Waals surface area contributed by atoms with Crippen LogP contribution in [0.3, 0.4) is 0 Å². The van der Waals surface area contributed by atoms with Crippen molar-refractivity contribution in [2.45, 2.75) is 39.2 Å². The lowest BCUT2D eigenvalue weighted by molar-refractivity contribution is -0.121. The zero-order valence-corrected chi connectivity index (χ0v) is 15.4. The molecule has 1 saturated heterocycles. The average molecular weight is 361 g/mol. The van der Waals surface area contributed by atoms with Crippen molar-refractivity contribution >= 4 is 17.9 Å². The van der Waals surface area contributed by atoms with E-state index >= 15 is 0 Å². The lowest BCUT2D eigenvalue weighted by Crippen LogP contribution is -2.47. The number of hydrogen-bond acceptors (Lipinski definition) is 4. The number of carbonyl (C=O) groups is 3. The van der Waals surface area contributed by atoms with E-state index in [-0.39, 0.29) is 30.4 Å². The highest BCUT2D eigenvalue weighted by Crippen LogP contribution is 2.11. The van der Waals surface area contributed by atoms with Gasteiger partial charge in [0.05, 0.1) is 6.61 Å². The number of nitrogens with one attached hydrogen (secondary N) is 2. The number of benzene rings is 1. The molecular formula is C19H27N3O4. The Kier molecular flexibility index (Phi) is 7.44. The lowest BCUT2D eigenvalue weighted by Gasteiger charge is -2.31. The second-order valence-electron chi connectivity index (χ2n) is 6.40. The molecule has 0 unspecified atom stereocenters. The van der Waals surface area contributed by atoms with Crippen molar-refractivity contribution in [3.63, 3.8) is 0 Å². The molecule has 1 aromatic carbocycles. The first-order chi connectivity index (χ1) is 12.5. The van der Waals surface area contributed by atoms with Crippen LogP contribution < -0.4 is 10.6 Å². The summed E-state index contributed by atoms with van der Waals surface area (Å²) in [5.41, 5.74) is 1.61. The van der Waals surface area contributed by atoms with Crippen LogP contribution in [-0.4, -0.2) is 55.1 Å². The monoisotopic (exact) mass is 361 g/mol. The molecule has 2 rings (SSSR count). The molecule has 7 nitrogen and oxygen atoms in total. The van der Waals surface area contributed by atoms with Crippen LogP contribution in [0.5, 0.6) is 0 Å². The van der Waals surface area contributed by atoms with E-state index in [1.807, 2.05) is 25.1 Å². The molecule has 7 heteroatoms. The first-order valence-electron chi connectivity index (χ1n) is 9.05. The number of aryl methyl sites for hydroxylation is 1. The number of hydrogen-bond donors (Lipinski definition) is 2. The van der Waals surface area contributed by atoms with Gasteiger partial charge in [0.1, 0.15) is 0 Å². The van der Waals surface area contributed by atoms with Crippen LogP contribution >= 0.6 is 0 Å². The van der Waals surface area contributed by atoms with Crippen LogP contribution in [0.4, 0.5) is 4.79 Å². The van der Waals surface area contributed by atoms with Crippen molar-refractivity contribution in [2.75, 3.05) is 26.2 Å². The fourth-order valence-corrected chi connectivity index (χ4v) is 2.90. The highest BCUT2D eigenvalue weighted by molar-refractivity contribution is 5.94. The van der Waals surface area contributed by atoms with Crippen molar-refractivity contribution in [3.05, 3.63) is 35.4 Å². The van der Waals surface area contributed by atoms with Gasteiger partial charge in [0.2, 0.25) is 5.91 Å². The molecule has 1 heterocycles. The summed E-state index contributed by atoms with van der Waals surface area (Å²) < 4.78 is 4.98. The maximum atomic E-state index is 12.0. The first-order valence-corrected chi connectivity index (χ1v) is 9.05. The van der Waals surface area contributed by atoms with Gasteiger partial charge in [0.15, 0.2) is 0 Å². The molecule has 3 amide bonds. The SMILES string of the molecule is CCOC(=O)N1CCC(NC(=O)CCNC(=O)c2cccc(C)c2)CC1. The van der Waals surface area contributed by atoms with Gasteiger partial charge in [-0.15, -0.1) is 0 Å². The molecule has 0 aromatic heterocycles. The third-order valence-electron chi connectivity index (χ3n) is 4.30. The van der Waals surface area contributed by atoms with E-state index in [1.54, 1.807) is 17.9 Å². The third kappa shape index (κ3) is 6.06. The van der Waals surface area contributed by atoms with Gasteiger partial charge in [-0.05, 0) is 38.8 Å². The van der Waals surface area contributed by atoms with E-state index in [4.69, 9.17) is 4.74 Å². The van der Waals surface area contributed by atoms with Crippen LogP contribution in [-0.2, 0) is 9.53 Å². The van der Waals surface area contributed by atoms with Crippen LogP contribution in [0.25, 0.3) is 0 Å². The van der Waals surface area contributed by atoms with Crippen LogP contribution in [0.1, 0.15) is 42.1 Å². The molecule has 142 valence electrons. The van der Waals surface area contributed by atoms with E-state index < -0.39 is 0 Å². The molecule has 0 spiro atoms. The number of nitrogens with zero attached hydrogens (tertiary/aromatic N) is 1. The molecule has 0 aliphatic carbocycles. The number of rotatable bonds is 6. The van der Waals surface area contributed by atoms with E-state index in [0.29, 0.717) is 44.6 Å². The second kappa shape index (κ2) is 9.79. The van der Waals surface area contributed by atoms with E-state index in [9.17, 15) is 14.4 Å². The molecule has 0 radical (unpaired) electrons. The maximum absolute atomic E-state index is 12.0. The minimum Gasteiger partial charge on any atom is -0.450 e. The number of ether oxygens (including phenoxy) is 1. The Balaban J connectivity index is 1.65. The summed E-state index contributed by atoms with van der Waals surface area (Å²) >= 11 is 0. The number of piperidine rings is 1. The summed E-state index contributed by atoms with van der Waals surface area (Å²) in [4.78, 5) is 37.4. The summed E-state index contributed by atoms with van der Waals surface area (Å²) in [5.74, 6) is -0.270. The van der Waals surface area contributed by atoms with Gasteiger partial charge in [0.25, 0.3) is 5.91 Å². The van der Waals surface area contributed by atoms with Gasteiger partial charge < -0.3 is 20.3 Å². The molecule has 0 saturated carbocycles. The molecule has 0 bridgehead atoms. The maximum Gasteiger partial charge on any atom is 0.409 e. The van der Waals surface area contributed by atoms with Gasteiger partial charge in [-0.3, -0.25) is 9.59 Å². The summed E-state index contributed by atoms with van der Waals surface area (Å²) in [7, 11) is 0. The highest BCUT2D eigenvalue weighted by atomic mass is 16.6. The molecule has 26 heavy (non-hydrogen) atoms. The van der Waals surface area contributed by atoms with Crippen molar-refractivity contribution < 1.29 is 19.1 Å². The zero-order valence-electron chi connectivity index (χ0n) is 15.4.